The highest BCUT2D eigenvalue weighted by molar-refractivity contribution is 7.86. The lowest BCUT2D eigenvalue weighted by Crippen LogP contribution is -2.63. The maximum Gasteiger partial charge on any atom is 0.298 e. The number of rotatable bonds is 8. The molecule has 4 rings (SSSR count). The molecule has 2 saturated heterocycles. The van der Waals surface area contributed by atoms with Crippen LogP contribution in [0.4, 0.5) is 0 Å². The van der Waals surface area contributed by atoms with Gasteiger partial charge in [-0.25, -0.2) is 0 Å². The Bertz CT molecular complexity index is 1170. The van der Waals surface area contributed by atoms with Crippen molar-refractivity contribution in [1.82, 2.24) is 0 Å². The fourth-order valence-corrected chi connectivity index (χ4v) is 6.77. The van der Waals surface area contributed by atoms with Gasteiger partial charge in [0.15, 0.2) is 18.7 Å². The summed E-state index contributed by atoms with van der Waals surface area (Å²) in [5, 5.41) is 11.4. The molecular weight excluding hydrogens is 508 g/mol. The molecule has 6 atom stereocenters. The first-order valence-corrected chi connectivity index (χ1v) is 14.6. The van der Waals surface area contributed by atoms with Crippen LogP contribution < -0.4 is 0 Å². The number of hydrogen-bond donors (Lipinski definition) is 1. The van der Waals surface area contributed by atoms with Gasteiger partial charge in [-0.3, -0.25) is 4.18 Å². The summed E-state index contributed by atoms with van der Waals surface area (Å²) in [6.45, 7) is 12.2. The number of fused-ring (bicyclic) bond motifs is 1. The number of hydrogen-bond acceptors (Lipinski definition) is 8. The fourth-order valence-electron chi connectivity index (χ4n) is 5.01. The van der Waals surface area contributed by atoms with Crippen LogP contribution in [0, 0.1) is 0 Å². The molecule has 0 aliphatic carbocycles. The maximum absolute atomic E-state index is 14.0. The van der Waals surface area contributed by atoms with Crippen molar-refractivity contribution in [3.63, 3.8) is 0 Å². The van der Waals surface area contributed by atoms with E-state index in [2.05, 4.69) is 13.8 Å². The summed E-state index contributed by atoms with van der Waals surface area (Å²) >= 11 is 0. The van der Waals surface area contributed by atoms with Gasteiger partial charge in [-0.05, 0) is 34.4 Å². The number of benzene rings is 2. The molecule has 0 spiro atoms. The fraction of sp³-hybridized carbons (Fsp3) is 0.586. The molecular formula is C29H40O8S. The van der Waals surface area contributed by atoms with Gasteiger partial charge in [-0.1, -0.05) is 84.0 Å². The Hall–Kier alpha value is -1.85. The molecule has 1 N–H and O–H groups in total. The molecule has 2 fully saturated rings. The van der Waals surface area contributed by atoms with Crippen LogP contribution in [-0.2, 0) is 33.2 Å². The van der Waals surface area contributed by atoms with Crippen molar-refractivity contribution in [1.29, 1.82) is 0 Å². The highest BCUT2D eigenvalue weighted by Gasteiger charge is 2.52. The number of aliphatic hydroxyl groups is 1. The van der Waals surface area contributed by atoms with Crippen molar-refractivity contribution < 1.29 is 36.7 Å². The van der Waals surface area contributed by atoms with Crippen LogP contribution in [-0.4, -0.2) is 57.9 Å². The first-order chi connectivity index (χ1) is 17.9. The predicted octanol–water partition coefficient (Wildman–Crippen LogP) is 4.98. The quantitative estimate of drug-likeness (QED) is 0.461. The van der Waals surface area contributed by atoms with E-state index < -0.39 is 47.1 Å². The third-order valence-corrected chi connectivity index (χ3v) is 8.63. The lowest BCUT2D eigenvalue weighted by atomic mass is 9.89. The van der Waals surface area contributed by atoms with Crippen molar-refractivity contribution in [2.45, 2.75) is 101 Å². The van der Waals surface area contributed by atoms with Crippen LogP contribution in [0.5, 0.6) is 0 Å². The van der Waals surface area contributed by atoms with E-state index in [1.165, 1.54) is 7.11 Å². The van der Waals surface area contributed by atoms with Crippen molar-refractivity contribution in [2.75, 3.05) is 13.7 Å². The van der Waals surface area contributed by atoms with E-state index >= 15 is 0 Å². The zero-order valence-corrected chi connectivity index (χ0v) is 24.0. The Morgan fingerprint density at radius 1 is 0.921 bits per heavy atom. The topological polar surface area (TPSA) is 101 Å². The van der Waals surface area contributed by atoms with Gasteiger partial charge in [-0.2, -0.15) is 8.42 Å². The van der Waals surface area contributed by atoms with Crippen LogP contribution in [0.2, 0.25) is 0 Å². The van der Waals surface area contributed by atoms with E-state index in [1.54, 1.807) is 0 Å². The molecule has 9 heteroatoms. The van der Waals surface area contributed by atoms with Crippen LogP contribution in [0.3, 0.4) is 0 Å². The van der Waals surface area contributed by atoms with Gasteiger partial charge >= 0.3 is 0 Å². The average Bonchev–Trinajstić information content (AvgIpc) is 2.89. The lowest BCUT2D eigenvalue weighted by Gasteiger charge is -2.46. The van der Waals surface area contributed by atoms with Crippen LogP contribution in [0.25, 0.3) is 0 Å². The molecule has 2 aromatic carbocycles. The van der Waals surface area contributed by atoms with E-state index in [9.17, 15) is 13.5 Å². The molecule has 210 valence electrons. The zero-order valence-electron chi connectivity index (χ0n) is 23.2. The van der Waals surface area contributed by atoms with Gasteiger partial charge in [0.05, 0.1) is 6.61 Å². The Morgan fingerprint density at radius 3 is 2.05 bits per heavy atom. The third-order valence-electron chi connectivity index (χ3n) is 7.18. The minimum Gasteiger partial charge on any atom is -0.387 e. The molecule has 0 saturated carbocycles. The summed E-state index contributed by atoms with van der Waals surface area (Å²) in [7, 11) is -2.96. The van der Waals surface area contributed by atoms with Crippen molar-refractivity contribution >= 4 is 10.1 Å². The van der Waals surface area contributed by atoms with Gasteiger partial charge in [0.25, 0.3) is 10.1 Å². The summed E-state index contributed by atoms with van der Waals surface area (Å²) in [5.74, 6) is 0.0922. The van der Waals surface area contributed by atoms with Gasteiger partial charge in [0.1, 0.15) is 23.2 Å². The van der Waals surface area contributed by atoms with Crippen molar-refractivity contribution in [3.05, 3.63) is 64.7 Å². The molecule has 0 aromatic heterocycles. The van der Waals surface area contributed by atoms with E-state index in [-0.39, 0.29) is 29.3 Å². The van der Waals surface area contributed by atoms with E-state index in [1.807, 2.05) is 70.2 Å². The van der Waals surface area contributed by atoms with Crippen LogP contribution in [0.1, 0.15) is 87.8 Å². The average molecular weight is 549 g/mol. The second kappa shape index (κ2) is 11.7. The first kappa shape index (κ1) is 29.1. The minimum absolute atomic E-state index is 0.0693. The molecule has 2 aromatic rings. The molecule has 0 bridgehead atoms. The summed E-state index contributed by atoms with van der Waals surface area (Å²) < 4.78 is 57.1. The SMILES string of the molecule is CO[C@H]1O[C@@H]2COC(c3ccccc3)O[C@H]2[C@H](O)[C@H]1OS(=O)(=O)c1c(C(C)C)cc(C(C)C)cc1C(C)C. The second-order valence-corrected chi connectivity index (χ2v) is 12.5. The Morgan fingerprint density at radius 2 is 1.53 bits per heavy atom. The summed E-state index contributed by atoms with van der Waals surface area (Å²) in [4.78, 5) is 0.145. The van der Waals surface area contributed by atoms with Gasteiger partial charge in [0.2, 0.25) is 0 Å². The smallest absolute Gasteiger partial charge is 0.298 e. The highest BCUT2D eigenvalue weighted by Crippen LogP contribution is 2.39. The molecule has 2 aliphatic heterocycles. The monoisotopic (exact) mass is 548 g/mol. The lowest BCUT2D eigenvalue weighted by molar-refractivity contribution is -0.354. The maximum atomic E-state index is 14.0. The normalized spacial score (nSPS) is 28.2. The third kappa shape index (κ3) is 5.84. The van der Waals surface area contributed by atoms with Crippen LogP contribution in [0.15, 0.2) is 47.4 Å². The highest BCUT2D eigenvalue weighted by atomic mass is 32.2. The second-order valence-electron chi connectivity index (χ2n) is 11.0. The molecule has 8 nitrogen and oxygen atoms in total. The molecule has 2 aliphatic rings. The zero-order chi connectivity index (χ0) is 27.8. The van der Waals surface area contributed by atoms with E-state index in [0.717, 1.165) is 11.1 Å². The summed E-state index contributed by atoms with van der Waals surface area (Å²) in [6.07, 6.45) is -6.08. The molecule has 0 amide bonds. The number of ether oxygens (including phenoxy) is 4. The first-order valence-electron chi connectivity index (χ1n) is 13.2. The summed E-state index contributed by atoms with van der Waals surface area (Å²) in [5.41, 5.74) is 3.22. The predicted molar refractivity (Wildman–Crippen MR) is 142 cm³/mol. The number of aliphatic hydroxyl groups excluding tert-OH is 1. The van der Waals surface area contributed by atoms with Gasteiger partial charge < -0.3 is 24.1 Å². The molecule has 2 heterocycles. The minimum atomic E-state index is -4.34. The van der Waals surface area contributed by atoms with E-state index in [4.69, 9.17) is 23.1 Å². The van der Waals surface area contributed by atoms with Gasteiger partial charge in [0, 0.05) is 12.7 Å². The van der Waals surface area contributed by atoms with Crippen molar-refractivity contribution in [3.8, 4) is 0 Å². The van der Waals surface area contributed by atoms with E-state index in [0.29, 0.717) is 11.1 Å². The van der Waals surface area contributed by atoms with Gasteiger partial charge in [-0.15, -0.1) is 0 Å². The van der Waals surface area contributed by atoms with Crippen LogP contribution >= 0.6 is 0 Å². The molecule has 0 radical (unpaired) electrons. The van der Waals surface area contributed by atoms with Crippen molar-refractivity contribution in [2.24, 2.45) is 0 Å². The summed E-state index contributed by atoms with van der Waals surface area (Å²) in [6, 6.07) is 13.2. The standard InChI is InChI=1S/C29H40O8S/c1-16(2)20-13-21(17(3)4)27(22(14-20)18(5)6)38(31,32)37-26-24(30)25-23(35-29(26)33-7)15-34-28(36-25)19-11-9-8-10-12-19/h8-14,16-18,23-26,28-30H,15H2,1-7H3/t23-,24+,25-,26-,28?,29+/m1/s1. The largest absolute Gasteiger partial charge is 0.387 e. The molecule has 38 heavy (non-hydrogen) atoms. The Kier molecular flexibility index (Phi) is 8.98. The number of methoxy groups -OCH3 is 1. The molecule has 1 unspecified atom stereocenters. The Balaban J connectivity index is 1.68. The Labute approximate surface area is 226 Å².